The van der Waals surface area contributed by atoms with Crippen LogP contribution in [0.5, 0.6) is 0 Å². The largest absolute Gasteiger partial charge is 0.465 e. The topological polar surface area (TPSA) is 78.6 Å². The minimum atomic E-state index is -0.924. The van der Waals surface area contributed by atoms with Crippen LogP contribution >= 0.6 is 0 Å². The first-order valence-corrected chi connectivity index (χ1v) is 7.26. The van der Waals surface area contributed by atoms with Crippen molar-refractivity contribution in [2.75, 3.05) is 18.9 Å². The maximum Gasteiger partial charge on any atom is 0.320 e. The first-order valence-electron chi connectivity index (χ1n) is 7.26. The molecule has 21 heavy (non-hydrogen) atoms. The fourth-order valence-electron chi connectivity index (χ4n) is 1.76. The van der Waals surface area contributed by atoms with Crippen LogP contribution in [0.15, 0.2) is 24.3 Å². The number of rotatable bonds is 8. The molecular formula is C16H23NO4. The molecule has 0 spiro atoms. The standard InChI is InChI=1S/C16H23NO4/c1-3-9-20-15(18)14(16(19)21-10-4-2)11-12-5-7-13(17)8-6-12/h5-8,14H,3-4,9-11,17H2,1-2H3. The van der Waals surface area contributed by atoms with E-state index in [0.717, 1.165) is 5.56 Å². The van der Waals surface area contributed by atoms with Crippen LogP contribution in [0.3, 0.4) is 0 Å². The minimum Gasteiger partial charge on any atom is -0.465 e. The van der Waals surface area contributed by atoms with Crippen LogP contribution in [0.2, 0.25) is 0 Å². The highest BCUT2D eigenvalue weighted by Crippen LogP contribution is 2.15. The second-order valence-electron chi connectivity index (χ2n) is 4.83. The summed E-state index contributed by atoms with van der Waals surface area (Å²) in [6.07, 6.45) is 1.68. The van der Waals surface area contributed by atoms with Crippen molar-refractivity contribution in [3.8, 4) is 0 Å². The first-order chi connectivity index (χ1) is 10.1. The Morgan fingerprint density at radius 2 is 1.48 bits per heavy atom. The Morgan fingerprint density at radius 3 is 1.90 bits per heavy atom. The van der Waals surface area contributed by atoms with E-state index in [9.17, 15) is 9.59 Å². The predicted octanol–water partition coefficient (Wildman–Crippen LogP) is 2.33. The number of nitrogen functional groups attached to an aromatic ring is 1. The third kappa shape index (κ3) is 5.85. The van der Waals surface area contributed by atoms with E-state index in [1.165, 1.54) is 0 Å². The molecule has 0 saturated heterocycles. The molecule has 1 aromatic rings. The molecule has 0 aromatic heterocycles. The van der Waals surface area contributed by atoms with Crippen molar-refractivity contribution in [1.29, 1.82) is 0 Å². The molecule has 0 fully saturated rings. The number of esters is 2. The van der Waals surface area contributed by atoms with Gasteiger partial charge in [0.1, 0.15) is 0 Å². The molecule has 0 atom stereocenters. The predicted molar refractivity (Wildman–Crippen MR) is 80.5 cm³/mol. The van der Waals surface area contributed by atoms with Gasteiger partial charge in [0, 0.05) is 5.69 Å². The highest BCUT2D eigenvalue weighted by atomic mass is 16.6. The van der Waals surface area contributed by atoms with Crippen LogP contribution in [-0.2, 0) is 25.5 Å². The molecule has 1 aromatic carbocycles. The number of carbonyl (C=O) groups is 2. The highest BCUT2D eigenvalue weighted by molar-refractivity contribution is 5.95. The van der Waals surface area contributed by atoms with E-state index in [1.807, 2.05) is 13.8 Å². The summed E-state index contributed by atoms with van der Waals surface area (Å²) in [5, 5.41) is 0. The number of anilines is 1. The number of hydrogen-bond donors (Lipinski definition) is 1. The summed E-state index contributed by atoms with van der Waals surface area (Å²) in [6, 6.07) is 7.06. The van der Waals surface area contributed by atoms with Crippen LogP contribution in [0, 0.1) is 5.92 Å². The molecule has 0 heterocycles. The van der Waals surface area contributed by atoms with Gasteiger partial charge >= 0.3 is 11.9 Å². The molecule has 5 heteroatoms. The smallest absolute Gasteiger partial charge is 0.320 e. The van der Waals surface area contributed by atoms with Crippen molar-refractivity contribution < 1.29 is 19.1 Å². The summed E-state index contributed by atoms with van der Waals surface area (Å²) in [4.78, 5) is 24.1. The molecule has 0 aliphatic rings. The molecule has 116 valence electrons. The number of hydrogen-bond acceptors (Lipinski definition) is 5. The number of nitrogens with two attached hydrogens (primary N) is 1. The lowest BCUT2D eigenvalue weighted by atomic mass is 9.99. The molecule has 2 N–H and O–H groups in total. The van der Waals surface area contributed by atoms with Crippen molar-refractivity contribution in [1.82, 2.24) is 0 Å². The Labute approximate surface area is 125 Å². The van der Waals surface area contributed by atoms with E-state index < -0.39 is 17.9 Å². The van der Waals surface area contributed by atoms with Gasteiger partial charge in [-0.05, 0) is 37.0 Å². The summed E-state index contributed by atoms with van der Waals surface area (Å²) in [5.74, 6) is -1.99. The normalized spacial score (nSPS) is 10.4. The van der Waals surface area contributed by atoms with E-state index in [-0.39, 0.29) is 6.42 Å². The average Bonchev–Trinajstić information content (AvgIpc) is 2.49. The van der Waals surface area contributed by atoms with Crippen LogP contribution in [0.4, 0.5) is 5.69 Å². The van der Waals surface area contributed by atoms with Gasteiger partial charge in [-0.1, -0.05) is 26.0 Å². The number of carbonyl (C=O) groups excluding carboxylic acids is 2. The van der Waals surface area contributed by atoms with Gasteiger partial charge in [-0.25, -0.2) is 0 Å². The Kier molecular flexibility index (Phi) is 7.29. The Balaban J connectivity index is 2.77. The van der Waals surface area contributed by atoms with E-state index in [0.29, 0.717) is 31.7 Å². The molecule has 0 aliphatic carbocycles. The van der Waals surface area contributed by atoms with Crippen LogP contribution < -0.4 is 5.73 Å². The minimum absolute atomic E-state index is 0.255. The molecule has 5 nitrogen and oxygen atoms in total. The Hall–Kier alpha value is -2.04. The Morgan fingerprint density at radius 1 is 1.00 bits per heavy atom. The van der Waals surface area contributed by atoms with Crippen molar-refractivity contribution in [3.63, 3.8) is 0 Å². The molecule has 1 rings (SSSR count). The maximum absolute atomic E-state index is 12.0. The van der Waals surface area contributed by atoms with Gasteiger partial charge in [0.25, 0.3) is 0 Å². The average molecular weight is 293 g/mol. The van der Waals surface area contributed by atoms with Crippen molar-refractivity contribution in [3.05, 3.63) is 29.8 Å². The second kappa shape index (κ2) is 9.00. The third-order valence-corrected chi connectivity index (χ3v) is 2.89. The zero-order valence-corrected chi connectivity index (χ0v) is 12.6. The third-order valence-electron chi connectivity index (χ3n) is 2.89. The first kappa shape index (κ1) is 17.0. The number of ether oxygens (including phenoxy) is 2. The molecule has 0 unspecified atom stereocenters. The van der Waals surface area contributed by atoms with Gasteiger partial charge in [-0.3, -0.25) is 9.59 Å². The van der Waals surface area contributed by atoms with Crippen LogP contribution in [0.1, 0.15) is 32.3 Å². The van der Waals surface area contributed by atoms with Crippen LogP contribution in [0.25, 0.3) is 0 Å². The van der Waals surface area contributed by atoms with Gasteiger partial charge in [-0.15, -0.1) is 0 Å². The fraction of sp³-hybridized carbons (Fsp3) is 0.500. The molecule has 0 radical (unpaired) electrons. The summed E-state index contributed by atoms with van der Waals surface area (Å²) in [7, 11) is 0. The zero-order valence-electron chi connectivity index (χ0n) is 12.6. The fourth-order valence-corrected chi connectivity index (χ4v) is 1.76. The van der Waals surface area contributed by atoms with Crippen LogP contribution in [-0.4, -0.2) is 25.2 Å². The maximum atomic E-state index is 12.0. The molecule has 0 bridgehead atoms. The molecule has 0 amide bonds. The van der Waals surface area contributed by atoms with Gasteiger partial charge < -0.3 is 15.2 Å². The Bertz CT molecular complexity index is 436. The quantitative estimate of drug-likeness (QED) is 0.452. The lowest BCUT2D eigenvalue weighted by molar-refractivity contribution is -0.162. The molecule has 0 aliphatic heterocycles. The highest BCUT2D eigenvalue weighted by Gasteiger charge is 2.29. The van der Waals surface area contributed by atoms with E-state index >= 15 is 0 Å². The summed E-state index contributed by atoms with van der Waals surface area (Å²) in [5.41, 5.74) is 7.11. The van der Waals surface area contributed by atoms with E-state index in [2.05, 4.69) is 0 Å². The summed E-state index contributed by atoms with van der Waals surface area (Å²) in [6.45, 7) is 4.41. The van der Waals surface area contributed by atoms with Gasteiger partial charge in [0.15, 0.2) is 5.92 Å². The molecule has 0 saturated carbocycles. The van der Waals surface area contributed by atoms with Crippen molar-refractivity contribution in [2.24, 2.45) is 5.92 Å². The van der Waals surface area contributed by atoms with Crippen molar-refractivity contribution >= 4 is 17.6 Å². The van der Waals surface area contributed by atoms with Gasteiger partial charge in [0.05, 0.1) is 13.2 Å². The monoisotopic (exact) mass is 293 g/mol. The summed E-state index contributed by atoms with van der Waals surface area (Å²) < 4.78 is 10.2. The number of benzene rings is 1. The summed E-state index contributed by atoms with van der Waals surface area (Å²) >= 11 is 0. The second-order valence-corrected chi connectivity index (χ2v) is 4.83. The lowest BCUT2D eigenvalue weighted by Gasteiger charge is -2.15. The zero-order chi connectivity index (χ0) is 15.7. The lowest BCUT2D eigenvalue weighted by Crippen LogP contribution is -2.30. The van der Waals surface area contributed by atoms with Gasteiger partial charge in [-0.2, -0.15) is 0 Å². The van der Waals surface area contributed by atoms with Crippen molar-refractivity contribution in [2.45, 2.75) is 33.1 Å². The SMILES string of the molecule is CCCOC(=O)C(Cc1ccc(N)cc1)C(=O)OCCC. The van der Waals surface area contributed by atoms with E-state index in [4.69, 9.17) is 15.2 Å². The molecular weight excluding hydrogens is 270 g/mol. The van der Waals surface area contributed by atoms with Gasteiger partial charge in [0.2, 0.25) is 0 Å². The van der Waals surface area contributed by atoms with E-state index in [1.54, 1.807) is 24.3 Å².